The summed E-state index contributed by atoms with van der Waals surface area (Å²) in [6, 6.07) is 4.82. The largest absolute Gasteiger partial charge is 0.466 e. The van der Waals surface area contributed by atoms with Crippen molar-refractivity contribution in [2.75, 3.05) is 5.75 Å². The lowest BCUT2D eigenvalue weighted by atomic mass is 10.2. The number of benzene rings is 1. The van der Waals surface area contributed by atoms with Crippen molar-refractivity contribution in [2.24, 2.45) is 0 Å². The van der Waals surface area contributed by atoms with Crippen LogP contribution in [0.5, 0.6) is 5.75 Å². The van der Waals surface area contributed by atoms with Crippen LogP contribution in [-0.2, 0) is 14.9 Å². The van der Waals surface area contributed by atoms with E-state index in [4.69, 9.17) is 9.29 Å². The zero-order valence-corrected chi connectivity index (χ0v) is 11.7. The lowest BCUT2D eigenvalue weighted by Gasteiger charge is -2.19. The molecule has 6 nitrogen and oxygen atoms in total. The van der Waals surface area contributed by atoms with Gasteiger partial charge in [-0.2, -0.15) is 21.6 Å². The molecule has 0 spiro atoms. The minimum atomic E-state index is -5.14. The van der Waals surface area contributed by atoms with Gasteiger partial charge in [-0.15, -0.1) is 0 Å². The molecule has 10 heteroatoms. The van der Waals surface area contributed by atoms with Gasteiger partial charge in [0.25, 0.3) is 10.1 Å². The number of ether oxygens (including phenoxy) is 2. The van der Waals surface area contributed by atoms with Gasteiger partial charge in [0.15, 0.2) is 0 Å². The van der Waals surface area contributed by atoms with Crippen molar-refractivity contribution in [3.63, 3.8) is 0 Å². The van der Waals surface area contributed by atoms with E-state index in [1.54, 1.807) is 0 Å². The first-order valence-corrected chi connectivity index (χ1v) is 7.24. The molecule has 0 aliphatic carbocycles. The van der Waals surface area contributed by atoms with E-state index >= 15 is 0 Å². The summed E-state index contributed by atoms with van der Waals surface area (Å²) in [6.45, 7) is 3.29. The molecule has 0 aromatic heterocycles. The fourth-order valence-corrected chi connectivity index (χ4v) is 1.99. The van der Waals surface area contributed by atoms with E-state index in [1.807, 2.05) is 0 Å². The molecule has 1 atom stereocenters. The minimum Gasteiger partial charge on any atom is -0.466 e. The van der Waals surface area contributed by atoms with Gasteiger partial charge in [0.2, 0.25) is 6.10 Å². The van der Waals surface area contributed by atoms with Gasteiger partial charge >= 0.3 is 12.1 Å². The topological polar surface area (TPSA) is 89.9 Å². The van der Waals surface area contributed by atoms with Crippen molar-refractivity contribution in [1.29, 1.82) is 0 Å². The SMILES string of the molecule is C=COc1ccc(C(=O)OC(CS(=O)(=O)O)C(F)(F)F)cc1. The first-order valence-electron chi connectivity index (χ1n) is 5.63. The van der Waals surface area contributed by atoms with Crippen LogP contribution in [0.25, 0.3) is 0 Å². The van der Waals surface area contributed by atoms with Crippen LogP contribution in [0.4, 0.5) is 13.2 Å². The Balaban J connectivity index is 2.88. The Bertz CT molecular complexity index is 636. The second kappa shape index (κ2) is 6.79. The molecule has 0 fully saturated rings. The molecule has 0 saturated carbocycles. The van der Waals surface area contributed by atoms with Gasteiger partial charge in [-0.05, 0) is 24.3 Å². The summed E-state index contributed by atoms with van der Waals surface area (Å²) in [5.41, 5.74) is -0.249. The summed E-state index contributed by atoms with van der Waals surface area (Å²) in [7, 11) is -4.98. The predicted molar refractivity (Wildman–Crippen MR) is 68.9 cm³/mol. The van der Waals surface area contributed by atoms with Crippen LogP contribution >= 0.6 is 0 Å². The van der Waals surface area contributed by atoms with Crippen LogP contribution in [0.1, 0.15) is 10.4 Å². The van der Waals surface area contributed by atoms with Crippen molar-refractivity contribution in [3.8, 4) is 5.75 Å². The normalized spacial score (nSPS) is 13.3. The van der Waals surface area contributed by atoms with E-state index in [1.165, 1.54) is 12.1 Å². The lowest BCUT2D eigenvalue weighted by Crippen LogP contribution is -2.39. The maximum atomic E-state index is 12.6. The Morgan fingerprint density at radius 3 is 2.27 bits per heavy atom. The van der Waals surface area contributed by atoms with Crippen LogP contribution in [0, 0.1) is 0 Å². The van der Waals surface area contributed by atoms with E-state index in [0.717, 1.165) is 18.4 Å². The van der Waals surface area contributed by atoms with Crippen molar-refractivity contribution >= 4 is 16.1 Å². The number of hydrogen-bond donors (Lipinski definition) is 1. The number of rotatable bonds is 6. The second-order valence-electron chi connectivity index (χ2n) is 3.99. The first kappa shape index (κ1) is 18.0. The number of esters is 1. The highest BCUT2D eigenvalue weighted by Gasteiger charge is 2.45. The first-order chi connectivity index (χ1) is 10.0. The van der Waals surface area contributed by atoms with Crippen LogP contribution in [0.15, 0.2) is 37.1 Å². The number of alkyl halides is 3. The minimum absolute atomic E-state index is 0.249. The number of halogens is 3. The third-order valence-corrected chi connectivity index (χ3v) is 3.01. The molecule has 1 aromatic rings. The van der Waals surface area contributed by atoms with Gasteiger partial charge in [0.1, 0.15) is 11.5 Å². The summed E-state index contributed by atoms with van der Waals surface area (Å²) in [6.07, 6.45) is -7.00. The highest BCUT2D eigenvalue weighted by Crippen LogP contribution is 2.25. The van der Waals surface area contributed by atoms with Gasteiger partial charge in [-0.25, -0.2) is 4.79 Å². The molecule has 122 valence electrons. The number of hydrogen-bond acceptors (Lipinski definition) is 5. The molecule has 1 aromatic carbocycles. The summed E-state index contributed by atoms with van der Waals surface area (Å²) < 4.78 is 76.4. The smallest absolute Gasteiger partial charge is 0.426 e. The highest BCUT2D eigenvalue weighted by atomic mass is 32.2. The fraction of sp³-hybridized carbons (Fsp3) is 0.250. The summed E-state index contributed by atoms with van der Waals surface area (Å²) in [5, 5.41) is 0. The number of carbonyl (C=O) groups is 1. The standard InChI is InChI=1S/C12H11F3O6S/c1-2-20-9-5-3-8(4-6-9)11(16)21-10(12(13,14)15)7-22(17,18)19/h2-6,10H,1,7H2,(H,17,18,19). The third kappa shape index (κ3) is 5.74. The number of carbonyl (C=O) groups excluding carboxylic acids is 1. The zero-order chi connectivity index (χ0) is 17.0. The van der Waals surface area contributed by atoms with E-state index < -0.39 is 34.1 Å². The second-order valence-corrected chi connectivity index (χ2v) is 5.49. The van der Waals surface area contributed by atoms with Crippen LogP contribution in [-0.4, -0.2) is 37.0 Å². The van der Waals surface area contributed by atoms with Gasteiger partial charge in [0, 0.05) is 0 Å². The molecular formula is C12H11F3O6S. The van der Waals surface area contributed by atoms with E-state index in [-0.39, 0.29) is 11.3 Å². The molecular weight excluding hydrogens is 329 g/mol. The quantitative estimate of drug-likeness (QED) is 0.485. The Hall–Kier alpha value is -2.07. The van der Waals surface area contributed by atoms with E-state index in [2.05, 4.69) is 11.3 Å². The van der Waals surface area contributed by atoms with Crippen molar-refractivity contribution < 1.29 is 40.4 Å². The Morgan fingerprint density at radius 1 is 1.32 bits per heavy atom. The average molecular weight is 340 g/mol. The summed E-state index contributed by atoms with van der Waals surface area (Å²) in [5.74, 6) is -2.88. The Labute approximate surface area is 123 Å². The predicted octanol–water partition coefficient (Wildman–Crippen LogP) is 2.18. The Morgan fingerprint density at radius 2 is 1.86 bits per heavy atom. The summed E-state index contributed by atoms with van der Waals surface area (Å²) >= 11 is 0. The van der Waals surface area contributed by atoms with Gasteiger partial charge in [-0.1, -0.05) is 6.58 Å². The maximum Gasteiger partial charge on any atom is 0.426 e. The van der Waals surface area contributed by atoms with Crippen LogP contribution < -0.4 is 4.74 Å². The fourth-order valence-electron chi connectivity index (χ4n) is 1.35. The molecule has 0 amide bonds. The highest BCUT2D eigenvalue weighted by molar-refractivity contribution is 7.85. The van der Waals surface area contributed by atoms with Gasteiger partial charge in [0.05, 0.1) is 11.8 Å². The Kier molecular flexibility index (Phi) is 5.55. The van der Waals surface area contributed by atoms with Crippen molar-refractivity contribution in [3.05, 3.63) is 42.7 Å². The maximum absolute atomic E-state index is 12.6. The molecule has 1 unspecified atom stereocenters. The van der Waals surface area contributed by atoms with Gasteiger partial charge < -0.3 is 9.47 Å². The van der Waals surface area contributed by atoms with Crippen molar-refractivity contribution in [1.82, 2.24) is 0 Å². The molecule has 0 aliphatic heterocycles. The molecule has 0 radical (unpaired) electrons. The molecule has 1 N–H and O–H groups in total. The average Bonchev–Trinajstić information content (AvgIpc) is 2.36. The molecule has 0 bridgehead atoms. The van der Waals surface area contributed by atoms with Crippen LogP contribution in [0.3, 0.4) is 0 Å². The van der Waals surface area contributed by atoms with E-state index in [9.17, 15) is 26.4 Å². The van der Waals surface area contributed by atoms with Gasteiger partial charge in [-0.3, -0.25) is 4.55 Å². The molecule has 22 heavy (non-hydrogen) atoms. The van der Waals surface area contributed by atoms with E-state index in [0.29, 0.717) is 0 Å². The molecule has 0 heterocycles. The van der Waals surface area contributed by atoms with Crippen LogP contribution in [0.2, 0.25) is 0 Å². The third-order valence-electron chi connectivity index (χ3n) is 2.29. The zero-order valence-electron chi connectivity index (χ0n) is 10.9. The monoisotopic (exact) mass is 340 g/mol. The summed E-state index contributed by atoms with van der Waals surface area (Å²) in [4.78, 5) is 11.6. The van der Waals surface area contributed by atoms with Crippen molar-refractivity contribution in [2.45, 2.75) is 12.3 Å². The molecule has 0 aliphatic rings. The molecule has 0 saturated heterocycles. The lowest BCUT2D eigenvalue weighted by molar-refractivity contribution is -0.197. The molecule has 1 rings (SSSR count).